The molecule has 3 heteroatoms. The largest absolute Gasteiger partial charge is 0.493 e. The minimum Gasteiger partial charge on any atom is -0.493 e. The van der Waals surface area contributed by atoms with Crippen LogP contribution in [0.1, 0.15) is 31.4 Å². The van der Waals surface area contributed by atoms with Crippen molar-refractivity contribution in [3.8, 4) is 11.5 Å². The van der Waals surface area contributed by atoms with Gasteiger partial charge in [0.15, 0.2) is 0 Å². The highest BCUT2D eigenvalue weighted by atomic mass is 16.5. The Kier molecular flexibility index (Phi) is 3.67. The molecule has 0 spiro atoms. The van der Waals surface area contributed by atoms with Crippen LogP contribution >= 0.6 is 0 Å². The van der Waals surface area contributed by atoms with Gasteiger partial charge in [0.05, 0.1) is 12.6 Å². The van der Waals surface area contributed by atoms with Gasteiger partial charge in [-0.25, -0.2) is 0 Å². The average Bonchev–Trinajstić information content (AvgIpc) is 2.71. The van der Waals surface area contributed by atoms with E-state index in [0.717, 1.165) is 30.9 Å². The monoisotopic (exact) mass is 221 g/mol. The maximum Gasteiger partial charge on any atom is 0.127 e. The Labute approximate surface area is 96.8 Å². The van der Waals surface area contributed by atoms with E-state index in [0.29, 0.717) is 12.6 Å². The molecule has 1 aromatic rings. The second-order valence-corrected chi connectivity index (χ2v) is 4.05. The number of rotatable bonds is 5. The van der Waals surface area contributed by atoms with Crippen molar-refractivity contribution in [2.75, 3.05) is 20.3 Å². The molecule has 0 radical (unpaired) electrons. The van der Waals surface area contributed by atoms with E-state index in [1.54, 1.807) is 0 Å². The first-order valence-corrected chi connectivity index (χ1v) is 5.92. The summed E-state index contributed by atoms with van der Waals surface area (Å²) in [5, 5.41) is 3.23. The molecule has 1 aliphatic rings. The molecule has 16 heavy (non-hydrogen) atoms. The molecular formula is C13H19NO2. The third-order valence-electron chi connectivity index (χ3n) is 2.88. The lowest BCUT2D eigenvalue weighted by atomic mass is 10.1. The normalized spacial score (nSPS) is 18.0. The number of nitrogens with one attached hydrogen (secondary N) is 1. The fourth-order valence-corrected chi connectivity index (χ4v) is 1.85. The Balaban J connectivity index is 2.03. The molecule has 1 N–H and O–H groups in total. The van der Waals surface area contributed by atoms with Crippen LogP contribution in [0, 0.1) is 0 Å². The zero-order valence-corrected chi connectivity index (χ0v) is 9.95. The van der Waals surface area contributed by atoms with E-state index in [-0.39, 0.29) is 0 Å². The molecule has 0 bridgehead atoms. The van der Waals surface area contributed by atoms with Gasteiger partial charge in [0.1, 0.15) is 18.1 Å². The zero-order valence-electron chi connectivity index (χ0n) is 9.95. The quantitative estimate of drug-likeness (QED) is 0.775. The van der Waals surface area contributed by atoms with Crippen LogP contribution in [0.2, 0.25) is 0 Å². The fourth-order valence-electron chi connectivity index (χ4n) is 1.85. The van der Waals surface area contributed by atoms with Crippen LogP contribution < -0.4 is 14.8 Å². The van der Waals surface area contributed by atoms with E-state index in [4.69, 9.17) is 9.47 Å². The van der Waals surface area contributed by atoms with E-state index >= 15 is 0 Å². The third-order valence-corrected chi connectivity index (χ3v) is 2.88. The molecule has 1 heterocycles. The Morgan fingerprint density at radius 2 is 2.38 bits per heavy atom. The van der Waals surface area contributed by atoms with Crippen molar-refractivity contribution in [1.29, 1.82) is 0 Å². The molecule has 0 amide bonds. The highest BCUT2D eigenvalue weighted by molar-refractivity contribution is 5.44. The number of ether oxygens (including phenoxy) is 2. The van der Waals surface area contributed by atoms with Gasteiger partial charge < -0.3 is 14.8 Å². The lowest BCUT2D eigenvalue weighted by Gasteiger charge is -2.08. The van der Waals surface area contributed by atoms with Crippen molar-refractivity contribution < 1.29 is 9.47 Å². The third kappa shape index (κ3) is 2.30. The van der Waals surface area contributed by atoms with Crippen LogP contribution in [0.25, 0.3) is 0 Å². The summed E-state index contributed by atoms with van der Waals surface area (Å²) < 4.78 is 11.2. The number of benzene rings is 1. The van der Waals surface area contributed by atoms with Crippen LogP contribution in [0.15, 0.2) is 18.2 Å². The summed E-state index contributed by atoms with van der Waals surface area (Å²) >= 11 is 0. The minimum atomic E-state index is 0.319. The molecule has 1 unspecified atom stereocenters. The van der Waals surface area contributed by atoms with Crippen molar-refractivity contribution in [1.82, 2.24) is 5.32 Å². The second-order valence-electron chi connectivity index (χ2n) is 4.05. The molecular weight excluding hydrogens is 202 g/mol. The first-order valence-electron chi connectivity index (χ1n) is 5.92. The van der Waals surface area contributed by atoms with Gasteiger partial charge in [0, 0.05) is 11.6 Å². The van der Waals surface area contributed by atoms with Crippen molar-refractivity contribution in [2.24, 2.45) is 0 Å². The van der Waals surface area contributed by atoms with Gasteiger partial charge in [0.2, 0.25) is 0 Å². The molecule has 0 fully saturated rings. The zero-order chi connectivity index (χ0) is 11.4. The van der Waals surface area contributed by atoms with E-state index in [1.807, 2.05) is 19.2 Å². The molecule has 0 saturated carbocycles. The Hall–Kier alpha value is -1.22. The number of fused-ring (bicyclic) bond motifs is 1. The standard InChI is InChI=1S/C13H19NO2/c1-3-4-7-15-10-5-6-11-12(14-2)9-16-13(11)8-10/h5-6,8,12,14H,3-4,7,9H2,1-2H3. The van der Waals surface area contributed by atoms with Gasteiger partial charge in [-0.05, 0) is 25.6 Å². The molecule has 0 saturated heterocycles. The predicted octanol–water partition coefficient (Wildman–Crippen LogP) is 2.52. The summed E-state index contributed by atoms with van der Waals surface area (Å²) in [6, 6.07) is 6.42. The molecule has 1 atom stereocenters. The maximum absolute atomic E-state index is 5.64. The van der Waals surface area contributed by atoms with Crippen molar-refractivity contribution in [2.45, 2.75) is 25.8 Å². The van der Waals surface area contributed by atoms with Gasteiger partial charge in [-0.3, -0.25) is 0 Å². The number of hydrogen-bond donors (Lipinski definition) is 1. The topological polar surface area (TPSA) is 30.5 Å². The average molecular weight is 221 g/mol. The summed E-state index contributed by atoms with van der Waals surface area (Å²) in [5.41, 5.74) is 1.23. The Bertz CT molecular complexity index is 352. The summed E-state index contributed by atoms with van der Waals surface area (Å²) in [5.74, 6) is 1.86. The first-order chi connectivity index (χ1) is 7.85. The molecule has 88 valence electrons. The second kappa shape index (κ2) is 5.21. The van der Waals surface area contributed by atoms with Crippen LogP contribution in [0.4, 0.5) is 0 Å². The molecule has 1 aliphatic heterocycles. The number of unbranched alkanes of at least 4 members (excludes halogenated alkanes) is 1. The summed E-state index contributed by atoms with van der Waals surface area (Å²) in [6.07, 6.45) is 2.25. The highest BCUT2D eigenvalue weighted by Gasteiger charge is 2.22. The highest BCUT2D eigenvalue weighted by Crippen LogP contribution is 2.34. The molecule has 1 aromatic carbocycles. The molecule has 0 aromatic heterocycles. The Morgan fingerprint density at radius 3 is 3.12 bits per heavy atom. The van der Waals surface area contributed by atoms with E-state index in [1.165, 1.54) is 5.56 Å². The predicted molar refractivity (Wildman–Crippen MR) is 64.1 cm³/mol. The van der Waals surface area contributed by atoms with E-state index < -0.39 is 0 Å². The summed E-state index contributed by atoms with van der Waals surface area (Å²) in [7, 11) is 1.95. The molecule has 0 aliphatic carbocycles. The number of likely N-dealkylation sites (N-methyl/N-ethyl adjacent to an activating group) is 1. The maximum atomic E-state index is 5.64. The first kappa shape index (κ1) is 11.3. The van der Waals surface area contributed by atoms with Crippen molar-refractivity contribution >= 4 is 0 Å². The lowest BCUT2D eigenvalue weighted by Crippen LogP contribution is -2.17. The van der Waals surface area contributed by atoms with Gasteiger partial charge in [-0.15, -0.1) is 0 Å². The SMILES string of the molecule is CCCCOc1ccc2c(c1)OCC2NC. The molecule has 3 nitrogen and oxygen atoms in total. The fraction of sp³-hybridized carbons (Fsp3) is 0.538. The van der Waals surface area contributed by atoms with Gasteiger partial charge in [0.25, 0.3) is 0 Å². The lowest BCUT2D eigenvalue weighted by molar-refractivity contribution is 0.301. The van der Waals surface area contributed by atoms with E-state index in [2.05, 4.69) is 18.3 Å². The van der Waals surface area contributed by atoms with Gasteiger partial charge >= 0.3 is 0 Å². The summed E-state index contributed by atoms with van der Waals surface area (Å²) in [6.45, 7) is 3.65. The van der Waals surface area contributed by atoms with Crippen molar-refractivity contribution in [3.63, 3.8) is 0 Å². The smallest absolute Gasteiger partial charge is 0.127 e. The van der Waals surface area contributed by atoms with Crippen LogP contribution in [-0.4, -0.2) is 20.3 Å². The van der Waals surface area contributed by atoms with Crippen LogP contribution in [0.3, 0.4) is 0 Å². The Morgan fingerprint density at radius 1 is 1.50 bits per heavy atom. The van der Waals surface area contributed by atoms with Crippen molar-refractivity contribution in [3.05, 3.63) is 23.8 Å². The van der Waals surface area contributed by atoms with Crippen LogP contribution in [-0.2, 0) is 0 Å². The number of hydrogen-bond acceptors (Lipinski definition) is 3. The van der Waals surface area contributed by atoms with Gasteiger partial charge in [-0.1, -0.05) is 13.3 Å². The summed E-state index contributed by atoms with van der Waals surface area (Å²) in [4.78, 5) is 0. The van der Waals surface area contributed by atoms with E-state index in [9.17, 15) is 0 Å². The minimum absolute atomic E-state index is 0.319. The van der Waals surface area contributed by atoms with Crippen LogP contribution in [0.5, 0.6) is 11.5 Å². The van der Waals surface area contributed by atoms with Gasteiger partial charge in [-0.2, -0.15) is 0 Å². The molecule has 2 rings (SSSR count).